The maximum absolute atomic E-state index is 11.0. The van der Waals surface area contributed by atoms with Crippen LogP contribution >= 0.6 is 11.8 Å². The first-order valence-corrected chi connectivity index (χ1v) is 8.10. The Hall–Kier alpha value is -0.960. The average molecular weight is 280 g/mol. The fourth-order valence-corrected chi connectivity index (χ4v) is 2.94. The van der Waals surface area contributed by atoms with Crippen molar-refractivity contribution in [1.29, 1.82) is 0 Å². The van der Waals surface area contributed by atoms with Crippen molar-refractivity contribution in [2.24, 2.45) is 0 Å². The highest BCUT2D eigenvalue weighted by Crippen LogP contribution is 2.23. The molecule has 0 aliphatic heterocycles. The summed E-state index contributed by atoms with van der Waals surface area (Å²) >= 11 is 1.76. The fourth-order valence-electron chi connectivity index (χ4n) is 1.99. The Morgan fingerprint density at radius 2 is 1.84 bits per heavy atom. The van der Waals surface area contributed by atoms with E-state index in [0.717, 1.165) is 16.2 Å². The van der Waals surface area contributed by atoms with Crippen LogP contribution in [0.3, 0.4) is 0 Å². The molecular weight excluding hydrogens is 256 g/mol. The van der Waals surface area contributed by atoms with Gasteiger partial charge in [0, 0.05) is 4.90 Å². The Kier molecular flexibility index (Phi) is 7.65. The monoisotopic (exact) mass is 280 g/mol. The molecule has 106 valence electrons. The lowest BCUT2D eigenvalue weighted by Crippen LogP contribution is -1.99. The first kappa shape index (κ1) is 16.1. The number of hydrogen-bond acceptors (Lipinski definition) is 2. The second-order valence-corrected chi connectivity index (χ2v) is 6.07. The predicted molar refractivity (Wildman–Crippen MR) is 82.2 cm³/mol. The van der Waals surface area contributed by atoms with Crippen LogP contribution in [0, 0.1) is 6.92 Å². The number of unbranched alkanes of at least 4 members (excludes halogenated alkanes) is 5. The zero-order chi connectivity index (χ0) is 14.1. The molecule has 1 N–H and O–H groups in total. The quantitative estimate of drug-likeness (QED) is 0.502. The molecule has 19 heavy (non-hydrogen) atoms. The van der Waals surface area contributed by atoms with Crippen molar-refractivity contribution < 1.29 is 9.90 Å². The van der Waals surface area contributed by atoms with Gasteiger partial charge in [0.25, 0.3) is 0 Å². The molecule has 0 aromatic heterocycles. The van der Waals surface area contributed by atoms with Gasteiger partial charge in [-0.3, -0.25) is 0 Å². The van der Waals surface area contributed by atoms with Crippen LogP contribution < -0.4 is 0 Å². The molecule has 0 atom stereocenters. The molecular formula is C16H24O2S. The van der Waals surface area contributed by atoms with Crippen LogP contribution in [0.4, 0.5) is 0 Å². The lowest BCUT2D eigenvalue weighted by Gasteiger charge is -2.05. The molecule has 0 aliphatic carbocycles. The number of carbonyl (C=O) groups is 1. The molecule has 0 radical (unpaired) electrons. The first-order valence-electron chi connectivity index (χ1n) is 7.12. The molecule has 0 saturated heterocycles. The number of aryl methyl sites for hydroxylation is 1. The zero-order valence-electron chi connectivity index (χ0n) is 11.9. The van der Waals surface area contributed by atoms with Gasteiger partial charge >= 0.3 is 5.97 Å². The smallest absolute Gasteiger partial charge is 0.335 e. The fraction of sp³-hybridized carbons (Fsp3) is 0.562. The van der Waals surface area contributed by atoms with Gasteiger partial charge < -0.3 is 5.11 Å². The van der Waals surface area contributed by atoms with E-state index in [-0.39, 0.29) is 0 Å². The first-order chi connectivity index (χ1) is 9.15. The van der Waals surface area contributed by atoms with Crippen molar-refractivity contribution in [3.05, 3.63) is 29.3 Å². The maximum atomic E-state index is 11.0. The third-order valence-electron chi connectivity index (χ3n) is 3.21. The highest BCUT2D eigenvalue weighted by Gasteiger charge is 2.07. The predicted octanol–water partition coefficient (Wildman–Crippen LogP) is 5.15. The summed E-state index contributed by atoms with van der Waals surface area (Å²) in [5.74, 6) is 0.244. The van der Waals surface area contributed by atoms with Crippen LogP contribution in [-0.2, 0) is 0 Å². The van der Waals surface area contributed by atoms with Crippen molar-refractivity contribution in [2.75, 3.05) is 5.75 Å². The SMILES string of the molecule is CCCCCCCCSc1ccc(C)c(C(=O)O)c1. The zero-order valence-corrected chi connectivity index (χ0v) is 12.8. The molecule has 0 spiro atoms. The molecule has 0 heterocycles. The molecule has 2 nitrogen and oxygen atoms in total. The van der Waals surface area contributed by atoms with E-state index in [4.69, 9.17) is 5.11 Å². The Morgan fingerprint density at radius 3 is 2.53 bits per heavy atom. The van der Waals surface area contributed by atoms with E-state index < -0.39 is 5.97 Å². The number of aromatic carboxylic acids is 1. The molecule has 1 aromatic rings. The molecule has 3 heteroatoms. The molecule has 0 amide bonds. The van der Waals surface area contributed by atoms with Crippen molar-refractivity contribution in [3.63, 3.8) is 0 Å². The van der Waals surface area contributed by atoms with Crippen LogP contribution in [0.15, 0.2) is 23.1 Å². The molecule has 1 aromatic carbocycles. The molecule has 0 fully saturated rings. The number of carboxylic acids is 1. The minimum absolute atomic E-state index is 0.424. The van der Waals surface area contributed by atoms with E-state index in [1.165, 1.54) is 38.5 Å². The van der Waals surface area contributed by atoms with Crippen LogP contribution in [-0.4, -0.2) is 16.8 Å². The van der Waals surface area contributed by atoms with E-state index >= 15 is 0 Å². The van der Waals surface area contributed by atoms with Gasteiger partial charge in [0.15, 0.2) is 0 Å². The van der Waals surface area contributed by atoms with Gasteiger partial charge in [0.2, 0.25) is 0 Å². The summed E-state index contributed by atoms with van der Waals surface area (Å²) in [7, 11) is 0. The number of benzene rings is 1. The van der Waals surface area contributed by atoms with E-state index in [9.17, 15) is 4.79 Å². The molecule has 0 aliphatic rings. The lowest BCUT2D eigenvalue weighted by molar-refractivity contribution is 0.0696. The summed E-state index contributed by atoms with van der Waals surface area (Å²) in [5.41, 5.74) is 1.25. The van der Waals surface area contributed by atoms with E-state index in [2.05, 4.69) is 6.92 Å². The van der Waals surface area contributed by atoms with Crippen molar-refractivity contribution in [2.45, 2.75) is 57.3 Å². The number of carboxylic acid groups (broad SMARTS) is 1. The van der Waals surface area contributed by atoms with Crippen LogP contribution in [0.5, 0.6) is 0 Å². The second kappa shape index (κ2) is 9.03. The minimum atomic E-state index is -0.834. The van der Waals surface area contributed by atoms with E-state index in [1.807, 2.05) is 19.1 Å². The summed E-state index contributed by atoms with van der Waals surface area (Å²) < 4.78 is 0. The van der Waals surface area contributed by atoms with E-state index in [0.29, 0.717) is 5.56 Å². The molecule has 0 saturated carbocycles. The summed E-state index contributed by atoms with van der Waals surface area (Å²) in [4.78, 5) is 12.1. The molecule has 1 rings (SSSR count). The summed E-state index contributed by atoms with van der Waals surface area (Å²) in [6, 6.07) is 5.70. The van der Waals surface area contributed by atoms with Gasteiger partial charge in [-0.15, -0.1) is 11.8 Å². The number of rotatable bonds is 9. The normalized spacial score (nSPS) is 10.6. The lowest BCUT2D eigenvalue weighted by atomic mass is 10.1. The van der Waals surface area contributed by atoms with Gasteiger partial charge in [0.1, 0.15) is 0 Å². The molecule has 0 bridgehead atoms. The minimum Gasteiger partial charge on any atom is -0.478 e. The van der Waals surface area contributed by atoms with E-state index in [1.54, 1.807) is 17.8 Å². The summed E-state index contributed by atoms with van der Waals surface area (Å²) in [5, 5.41) is 9.07. The highest BCUT2D eigenvalue weighted by molar-refractivity contribution is 7.99. The Bertz CT molecular complexity index is 402. The van der Waals surface area contributed by atoms with Crippen LogP contribution in [0.2, 0.25) is 0 Å². The molecule has 0 unspecified atom stereocenters. The van der Waals surface area contributed by atoms with Gasteiger partial charge in [-0.05, 0) is 36.8 Å². The van der Waals surface area contributed by atoms with Crippen molar-refractivity contribution >= 4 is 17.7 Å². The Balaban J connectivity index is 2.30. The Labute approximate surface area is 120 Å². The topological polar surface area (TPSA) is 37.3 Å². The van der Waals surface area contributed by atoms with Crippen LogP contribution in [0.25, 0.3) is 0 Å². The highest BCUT2D eigenvalue weighted by atomic mass is 32.2. The Morgan fingerprint density at radius 1 is 1.16 bits per heavy atom. The maximum Gasteiger partial charge on any atom is 0.335 e. The largest absolute Gasteiger partial charge is 0.478 e. The second-order valence-electron chi connectivity index (χ2n) is 4.90. The number of thioether (sulfide) groups is 1. The van der Waals surface area contributed by atoms with Gasteiger partial charge in [-0.2, -0.15) is 0 Å². The van der Waals surface area contributed by atoms with Gasteiger partial charge in [0.05, 0.1) is 5.56 Å². The van der Waals surface area contributed by atoms with Gasteiger partial charge in [-0.25, -0.2) is 4.79 Å². The van der Waals surface area contributed by atoms with Crippen LogP contribution in [0.1, 0.15) is 61.4 Å². The number of hydrogen-bond donors (Lipinski definition) is 1. The van der Waals surface area contributed by atoms with Crippen molar-refractivity contribution in [3.8, 4) is 0 Å². The average Bonchev–Trinajstić information content (AvgIpc) is 2.39. The third-order valence-corrected chi connectivity index (χ3v) is 4.29. The third kappa shape index (κ3) is 6.15. The summed E-state index contributed by atoms with van der Waals surface area (Å²) in [6.07, 6.45) is 7.79. The van der Waals surface area contributed by atoms with Gasteiger partial charge in [-0.1, -0.05) is 45.1 Å². The summed E-state index contributed by atoms with van der Waals surface area (Å²) in [6.45, 7) is 4.07. The standard InChI is InChI=1S/C16H24O2S/c1-3-4-5-6-7-8-11-19-14-10-9-13(2)15(12-14)16(17)18/h9-10,12H,3-8,11H2,1-2H3,(H,17,18). The van der Waals surface area contributed by atoms with Crippen molar-refractivity contribution in [1.82, 2.24) is 0 Å².